The van der Waals surface area contributed by atoms with Crippen molar-refractivity contribution in [2.75, 3.05) is 6.61 Å². The van der Waals surface area contributed by atoms with Gasteiger partial charge >= 0.3 is 23.9 Å². The van der Waals surface area contributed by atoms with E-state index in [2.05, 4.69) is 0 Å². The predicted octanol–water partition coefficient (Wildman–Crippen LogP) is 4.43. The second-order valence-corrected chi connectivity index (χ2v) is 13.0. The summed E-state index contributed by atoms with van der Waals surface area (Å²) in [4.78, 5) is 52.0. The van der Waals surface area contributed by atoms with Gasteiger partial charge in [0, 0.05) is 26.3 Å². The normalized spacial score (nSPS) is 33.1. The van der Waals surface area contributed by atoms with Gasteiger partial charge in [-0.1, -0.05) is 48.5 Å². The molecule has 7 unspecified atom stereocenters. The van der Waals surface area contributed by atoms with Crippen molar-refractivity contribution in [3.05, 3.63) is 77.9 Å². The summed E-state index contributed by atoms with van der Waals surface area (Å²) < 4.78 is 30.7. The quantitative estimate of drug-likeness (QED) is 0.257. The zero-order chi connectivity index (χ0) is 32.6. The molecule has 1 saturated heterocycles. The van der Waals surface area contributed by atoms with Gasteiger partial charge in [-0.25, -0.2) is 9.59 Å². The van der Waals surface area contributed by atoms with Crippen molar-refractivity contribution in [1.82, 2.24) is 0 Å². The maximum Gasteiger partial charge on any atom is 0.338 e. The van der Waals surface area contributed by atoms with Gasteiger partial charge in [0.2, 0.25) is 0 Å². The highest BCUT2D eigenvalue weighted by Crippen LogP contribution is 2.68. The summed E-state index contributed by atoms with van der Waals surface area (Å²) >= 11 is 0. The molecule has 5 rings (SSSR count). The second-order valence-electron chi connectivity index (χ2n) is 13.0. The molecular weight excluding hydrogens is 580 g/mol. The number of carbonyl (C=O) groups is 4. The van der Waals surface area contributed by atoms with Gasteiger partial charge < -0.3 is 28.8 Å². The Hall–Kier alpha value is -4.02. The van der Waals surface area contributed by atoms with E-state index in [1.54, 1.807) is 43.3 Å². The number of esters is 4. The largest absolute Gasteiger partial charge is 0.465 e. The van der Waals surface area contributed by atoms with Crippen LogP contribution in [0.15, 0.2) is 66.7 Å². The summed E-state index contributed by atoms with van der Waals surface area (Å²) in [6.45, 7) is 7.34. The molecule has 2 saturated carbocycles. The Kier molecular flexibility index (Phi) is 8.67. The van der Waals surface area contributed by atoms with E-state index < -0.39 is 71.0 Å². The van der Waals surface area contributed by atoms with Gasteiger partial charge in [0.1, 0.15) is 29.8 Å². The molecule has 2 aliphatic carbocycles. The molecule has 10 heteroatoms. The van der Waals surface area contributed by atoms with Crippen LogP contribution in [0.3, 0.4) is 0 Å². The lowest BCUT2D eigenvalue weighted by atomic mass is 9.47. The van der Waals surface area contributed by atoms with Crippen molar-refractivity contribution in [2.24, 2.45) is 11.3 Å². The van der Waals surface area contributed by atoms with Crippen molar-refractivity contribution in [3.63, 3.8) is 0 Å². The Labute approximate surface area is 262 Å². The van der Waals surface area contributed by atoms with E-state index >= 15 is 0 Å². The van der Waals surface area contributed by atoms with Gasteiger partial charge in [-0.05, 0) is 63.3 Å². The molecule has 10 nitrogen and oxygen atoms in total. The summed E-state index contributed by atoms with van der Waals surface area (Å²) in [6.07, 6.45) is -0.366. The fraction of sp³-hybridized carbons (Fsp3) is 0.486. The molecule has 0 radical (unpaired) electrons. The maximum atomic E-state index is 13.7. The molecule has 7 atom stereocenters. The average Bonchev–Trinajstić information content (AvgIpc) is 3.22. The van der Waals surface area contributed by atoms with Crippen molar-refractivity contribution in [3.8, 4) is 0 Å². The first-order valence-corrected chi connectivity index (χ1v) is 15.1. The minimum Gasteiger partial charge on any atom is -0.465 e. The van der Waals surface area contributed by atoms with E-state index in [0.29, 0.717) is 0 Å². The third-order valence-corrected chi connectivity index (χ3v) is 9.64. The van der Waals surface area contributed by atoms with E-state index in [0.717, 1.165) is 5.56 Å². The van der Waals surface area contributed by atoms with E-state index in [-0.39, 0.29) is 30.7 Å². The van der Waals surface area contributed by atoms with Gasteiger partial charge in [0.05, 0.1) is 16.8 Å². The first kappa shape index (κ1) is 32.4. The molecule has 2 aromatic rings. The lowest BCUT2D eigenvalue weighted by Crippen LogP contribution is -2.79. The van der Waals surface area contributed by atoms with E-state index in [1.165, 1.54) is 19.9 Å². The van der Waals surface area contributed by atoms with Crippen LogP contribution in [-0.2, 0) is 38.1 Å². The van der Waals surface area contributed by atoms with Gasteiger partial charge in [0.15, 0.2) is 6.10 Å². The molecule has 1 N–H and O–H groups in total. The molecular formula is C35H40O10. The first-order valence-electron chi connectivity index (χ1n) is 15.1. The minimum atomic E-state index is -1.71. The van der Waals surface area contributed by atoms with Crippen LogP contribution in [-0.4, -0.2) is 70.7 Å². The smallest absolute Gasteiger partial charge is 0.338 e. The lowest BCUT2D eigenvalue weighted by molar-refractivity contribution is -0.336. The van der Waals surface area contributed by atoms with Crippen LogP contribution in [0.1, 0.15) is 69.8 Å². The number of carbonyl (C=O) groups excluding carboxylic acids is 4. The molecule has 1 aliphatic heterocycles. The first-order chi connectivity index (χ1) is 21.2. The zero-order valence-corrected chi connectivity index (χ0v) is 26.2. The Balaban J connectivity index is 1.68. The summed E-state index contributed by atoms with van der Waals surface area (Å²) in [5, 5.41) is 12.3. The summed E-state index contributed by atoms with van der Waals surface area (Å²) in [5.74, 6) is -2.93. The lowest BCUT2D eigenvalue weighted by Gasteiger charge is -2.64. The van der Waals surface area contributed by atoms with Gasteiger partial charge in [-0.3, -0.25) is 9.59 Å². The second kappa shape index (κ2) is 12.1. The highest BCUT2D eigenvalue weighted by molar-refractivity contribution is 5.89. The monoisotopic (exact) mass is 620 g/mol. The van der Waals surface area contributed by atoms with E-state index in [9.17, 15) is 24.3 Å². The standard InChI is InChI=1S/C35H40O10/c1-22(36)41-21-34-28(43-29(38)17-16-24-12-8-6-9-13-24)18-26-19-35(34,45-32(26,3)4)33(5,40)20-27(42-23(2)37)30(34)44-31(39)25-14-10-7-11-15-25/h6-17,26-28,30,40H,18-21H2,1-5H3. The summed E-state index contributed by atoms with van der Waals surface area (Å²) in [6, 6.07) is 17.5. The third kappa shape index (κ3) is 5.89. The Morgan fingerprint density at radius 3 is 2.16 bits per heavy atom. The molecule has 45 heavy (non-hydrogen) atoms. The van der Waals surface area contributed by atoms with Gasteiger partial charge in [-0.2, -0.15) is 0 Å². The minimum absolute atomic E-state index is 0.154. The van der Waals surface area contributed by atoms with Crippen LogP contribution in [0.5, 0.6) is 0 Å². The fourth-order valence-electron chi connectivity index (χ4n) is 7.62. The van der Waals surface area contributed by atoms with Crippen LogP contribution in [0, 0.1) is 11.3 Å². The van der Waals surface area contributed by atoms with Crippen LogP contribution < -0.4 is 0 Å². The number of rotatable bonds is 8. The zero-order valence-electron chi connectivity index (χ0n) is 26.2. The number of fused-ring (bicyclic) bond motifs is 1. The molecule has 240 valence electrons. The fourth-order valence-corrected chi connectivity index (χ4v) is 7.62. The Morgan fingerprint density at radius 2 is 1.53 bits per heavy atom. The molecule has 2 bridgehead atoms. The molecule has 2 aromatic carbocycles. The highest BCUT2D eigenvalue weighted by Gasteiger charge is 2.81. The summed E-state index contributed by atoms with van der Waals surface area (Å²) in [5.41, 5.74) is -4.75. The average molecular weight is 621 g/mol. The van der Waals surface area contributed by atoms with Crippen molar-refractivity contribution < 1.29 is 48.0 Å². The Morgan fingerprint density at radius 1 is 0.889 bits per heavy atom. The van der Waals surface area contributed by atoms with Crippen LogP contribution in [0.25, 0.3) is 6.08 Å². The van der Waals surface area contributed by atoms with Crippen molar-refractivity contribution >= 4 is 30.0 Å². The van der Waals surface area contributed by atoms with E-state index in [4.69, 9.17) is 23.7 Å². The molecule has 1 heterocycles. The maximum absolute atomic E-state index is 13.7. The molecule has 0 amide bonds. The molecule has 3 fully saturated rings. The number of aliphatic hydroxyl groups is 1. The summed E-state index contributed by atoms with van der Waals surface area (Å²) in [7, 11) is 0. The number of ether oxygens (including phenoxy) is 5. The van der Waals surface area contributed by atoms with Crippen LogP contribution >= 0.6 is 0 Å². The van der Waals surface area contributed by atoms with Gasteiger partial charge in [-0.15, -0.1) is 0 Å². The van der Waals surface area contributed by atoms with Crippen molar-refractivity contribution in [1.29, 1.82) is 0 Å². The predicted molar refractivity (Wildman–Crippen MR) is 161 cm³/mol. The Bertz CT molecular complexity index is 1470. The number of benzene rings is 2. The van der Waals surface area contributed by atoms with E-state index in [1.807, 2.05) is 44.2 Å². The van der Waals surface area contributed by atoms with Gasteiger partial charge in [0.25, 0.3) is 0 Å². The van der Waals surface area contributed by atoms with Crippen LogP contribution in [0.2, 0.25) is 0 Å². The molecule has 0 aromatic heterocycles. The SMILES string of the molecule is CC(=O)OCC12C(OC(=O)C=Cc3ccccc3)CC3CC1(OC3(C)C)C(C)(O)CC(OC(C)=O)C2OC(=O)c1ccccc1. The van der Waals surface area contributed by atoms with Crippen molar-refractivity contribution in [2.45, 2.75) is 89.0 Å². The molecule has 1 spiro atoms. The third-order valence-electron chi connectivity index (χ3n) is 9.64. The highest BCUT2D eigenvalue weighted by atomic mass is 16.6. The number of hydrogen-bond acceptors (Lipinski definition) is 10. The topological polar surface area (TPSA) is 135 Å². The molecule has 3 aliphatic rings. The van der Waals surface area contributed by atoms with Crippen LogP contribution in [0.4, 0.5) is 0 Å². The number of hydrogen-bond donors (Lipinski definition) is 1.